The molecule has 0 fully saturated rings. The Morgan fingerprint density at radius 2 is 1.83 bits per heavy atom. The van der Waals surface area contributed by atoms with Gasteiger partial charge in [-0.25, -0.2) is 0 Å². The predicted octanol–water partition coefficient (Wildman–Crippen LogP) is 0.0977. The number of hydrogen-bond acceptors (Lipinski definition) is 4. The van der Waals surface area contributed by atoms with E-state index in [9.17, 15) is 8.42 Å². The molecule has 0 bridgehead atoms. The molecule has 6 heteroatoms. The second-order valence-corrected chi connectivity index (χ2v) is 3.62. The first-order valence-corrected chi connectivity index (χ1v) is 4.48. The van der Waals surface area contributed by atoms with Crippen molar-refractivity contribution in [2.75, 3.05) is 11.5 Å². The highest BCUT2D eigenvalue weighted by atomic mass is 32.2. The van der Waals surface area contributed by atoms with Crippen molar-refractivity contribution < 1.29 is 13.0 Å². The van der Waals surface area contributed by atoms with E-state index in [1.165, 1.54) is 18.2 Å². The van der Waals surface area contributed by atoms with Gasteiger partial charge < -0.3 is 11.5 Å². The quantitative estimate of drug-likeness (QED) is 0.428. The molecule has 0 aromatic heterocycles. The Balaban J connectivity index is 3.47. The van der Waals surface area contributed by atoms with Gasteiger partial charge in [-0.05, 0) is 12.1 Å². The van der Waals surface area contributed by atoms with Crippen LogP contribution >= 0.6 is 0 Å². The largest absolute Gasteiger partial charge is 0.397 e. The SMILES string of the molecule is Nc1cccc(S(=O)(=O)O)c1N. The zero-order valence-electron chi connectivity index (χ0n) is 6.06. The first kappa shape index (κ1) is 8.82. The molecule has 0 spiro atoms. The van der Waals surface area contributed by atoms with Gasteiger partial charge >= 0.3 is 0 Å². The molecule has 12 heavy (non-hydrogen) atoms. The first-order valence-electron chi connectivity index (χ1n) is 3.04. The zero-order chi connectivity index (χ0) is 9.35. The Hall–Kier alpha value is -1.27. The van der Waals surface area contributed by atoms with E-state index in [1.54, 1.807) is 0 Å². The second-order valence-electron chi connectivity index (χ2n) is 2.23. The fraction of sp³-hybridized carbons (Fsp3) is 0. The third kappa shape index (κ3) is 1.49. The van der Waals surface area contributed by atoms with E-state index in [0.717, 1.165) is 0 Å². The standard InChI is InChI=1S/C6H8N2O3S/c7-4-2-1-3-5(6(4)8)12(9,10)11/h1-3H,7-8H2,(H,9,10,11). The van der Waals surface area contributed by atoms with E-state index >= 15 is 0 Å². The fourth-order valence-corrected chi connectivity index (χ4v) is 1.43. The van der Waals surface area contributed by atoms with E-state index in [2.05, 4.69) is 0 Å². The van der Waals surface area contributed by atoms with Crippen molar-refractivity contribution >= 4 is 21.5 Å². The van der Waals surface area contributed by atoms with Crippen LogP contribution in [0.15, 0.2) is 23.1 Å². The van der Waals surface area contributed by atoms with Gasteiger partial charge in [0.2, 0.25) is 0 Å². The maximum absolute atomic E-state index is 10.6. The topological polar surface area (TPSA) is 106 Å². The second kappa shape index (κ2) is 2.65. The number of nitrogens with two attached hydrogens (primary N) is 2. The lowest BCUT2D eigenvalue weighted by Gasteiger charge is -2.03. The molecular formula is C6H8N2O3S. The van der Waals surface area contributed by atoms with Gasteiger partial charge in [-0.15, -0.1) is 0 Å². The molecule has 1 rings (SSSR count). The highest BCUT2D eigenvalue weighted by Crippen LogP contribution is 2.23. The van der Waals surface area contributed by atoms with Crippen molar-refractivity contribution in [3.05, 3.63) is 18.2 Å². The lowest BCUT2D eigenvalue weighted by atomic mass is 10.3. The Bertz CT molecular complexity index is 399. The van der Waals surface area contributed by atoms with Gasteiger partial charge in [-0.3, -0.25) is 4.55 Å². The summed E-state index contributed by atoms with van der Waals surface area (Å²) in [5, 5.41) is 0. The summed E-state index contributed by atoms with van der Waals surface area (Å²) >= 11 is 0. The average Bonchev–Trinajstić information content (AvgIpc) is 1.92. The van der Waals surface area contributed by atoms with Crippen LogP contribution in [0, 0.1) is 0 Å². The molecule has 0 aliphatic heterocycles. The van der Waals surface area contributed by atoms with E-state index in [-0.39, 0.29) is 16.3 Å². The van der Waals surface area contributed by atoms with Gasteiger partial charge in [-0.1, -0.05) is 6.07 Å². The van der Waals surface area contributed by atoms with Crippen LogP contribution in [0.25, 0.3) is 0 Å². The molecule has 66 valence electrons. The van der Waals surface area contributed by atoms with E-state index < -0.39 is 10.1 Å². The van der Waals surface area contributed by atoms with Gasteiger partial charge in [0.25, 0.3) is 10.1 Å². The van der Waals surface area contributed by atoms with Gasteiger partial charge in [0.1, 0.15) is 4.90 Å². The van der Waals surface area contributed by atoms with Gasteiger partial charge in [0, 0.05) is 0 Å². The summed E-state index contributed by atoms with van der Waals surface area (Å²) in [6, 6.07) is 4.03. The van der Waals surface area contributed by atoms with Crippen LogP contribution in [0.5, 0.6) is 0 Å². The molecule has 0 saturated carbocycles. The molecule has 0 aliphatic carbocycles. The van der Waals surface area contributed by atoms with Crippen LogP contribution in [0.4, 0.5) is 11.4 Å². The lowest BCUT2D eigenvalue weighted by molar-refractivity contribution is 0.483. The summed E-state index contributed by atoms with van der Waals surface area (Å²) in [5.74, 6) is 0. The molecule has 1 aromatic carbocycles. The molecule has 5 nitrogen and oxygen atoms in total. The normalized spacial score (nSPS) is 11.4. The maximum Gasteiger partial charge on any atom is 0.296 e. The summed E-state index contributed by atoms with van der Waals surface area (Å²) in [6.45, 7) is 0. The fourth-order valence-electron chi connectivity index (χ4n) is 0.786. The molecule has 0 heterocycles. The number of para-hydroxylation sites is 1. The summed E-state index contributed by atoms with van der Waals surface area (Å²) in [6.07, 6.45) is 0. The molecular weight excluding hydrogens is 180 g/mol. The smallest absolute Gasteiger partial charge is 0.296 e. The van der Waals surface area contributed by atoms with Crippen molar-refractivity contribution in [2.24, 2.45) is 0 Å². The molecule has 0 aliphatic rings. The Morgan fingerprint density at radius 3 is 2.25 bits per heavy atom. The van der Waals surface area contributed by atoms with Crippen molar-refractivity contribution in [3.63, 3.8) is 0 Å². The summed E-state index contributed by atoms with van der Waals surface area (Å²) in [4.78, 5) is -0.359. The predicted molar refractivity (Wildman–Crippen MR) is 45.1 cm³/mol. The van der Waals surface area contributed by atoms with Crippen molar-refractivity contribution in [2.45, 2.75) is 4.90 Å². The van der Waals surface area contributed by atoms with E-state index in [1.807, 2.05) is 0 Å². The number of rotatable bonds is 1. The summed E-state index contributed by atoms with van der Waals surface area (Å²) in [5.41, 5.74) is 10.6. The molecule has 1 aromatic rings. The van der Waals surface area contributed by atoms with Crippen LogP contribution in [0.1, 0.15) is 0 Å². The number of anilines is 2. The summed E-state index contributed by atoms with van der Waals surface area (Å²) in [7, 11) is -4.26. The third-order valence-electron chi connectivity index (χ3n) is 1.38. The van der Waals surface area contributed by atoms with Gasteiger partial charge in [-0.2, -0.15) is 8.42 Å². The molecule has 0 unspecified atom stereocenters. The van der Waals surface area contributed by atoms with E-state index in [0.29, 0.717) is 0 Å². The van der Waals surface area contributed by atoms with Gasteiger partial charge in [0.15, 0.2) is 0 Å². The Kier molecular flexibility index (Phi) is 1.95. The minimum absolute atomic E-state index is 0.125. The van der Waals surface area contributed by atoms with Crippen LogP contribution in [-0.2, 0) is 10.1 Å². The summed E-state index contributed by atoms with van der Waals surface area (Å²) < 4.78 is 29.9. The van der Waals surface area contributed by atoms with Crippen molar-refractivity contribution in [1.29, 1.82) is 0 Å². The van der Waals surface area contributed by atoms with Gasteiger partial charge in [0.05, 0.1) is 11.4 Å². The molecule has 0 radical (unpaired) electrons. The minimum atomic E-state index is -4.26. The first-order chi connectivity index (χ1) is 5.43. The number of benzene rings is 1. The molecule has 0 atom stereocenters. The average molecular weight is 188 g/mol. The van der Waals surface area contributed by atoms with Crippen molar-refractivity contribution in [3.8, 4) is 0 Å². The monoisotopic (exact) mass is 188 g/mol. The molecule has 5 N–H and O–H groups in total. The van der Waals surface area contributed by atoms with Crippen LogP contribution in [-0.4, -0.2) is 13.0 Å². The number of hydrogen-bond donors (Lipinski definition) is 3. The lowest BCUT2D eigenvalue weighted by Crippen LogP contribution is -2.05. The Labute approximate surface area is 69.7 Å². The third-order valence-corrected chi connectivity index (χ3v) is 2.29. The zero-order valence-corrected chi connectivity index (χ0v) is 6.88. The van der Waals surface area contributed by atoms with Crippen LogP contribution in [0.3, 0.4) is 0 Å². The number of nitrogen functional groups attached to an aromatic ring is 2. The molecule has 0 saturated heterocycles. The molecule has 0 amide bonds. The minimum Gasteiger partial charge on any atom is -0.397 e. The van der Waals surface area contributed by atoms with Crippen LogP contribution < -0.4 is 11.5 Å². The van der Waals surface area contributed by atoms with Crippen LogP contribution in [0.2, 0.25) is 0 Å². The van der Waals surface area contributed by atoms with E-state index in [4.69, 9.17) is 16.0 Å². The van der Waals surface area contributed by atoms with Crippen molar-refractivity contribution in [1.82, 2.24) is 0 Å². The maximum atomic E-state index is 10.6. The highest BCUT2D eigenvalue weighted by Gasteiger charge is 2.14. The Morgan fingerprint density at radius 1 is 1.25 bits per heavy atom. The highest BCUT2D eigenvalue weighted by molar-refractivity contribution is 7.86.